The quantitative estimate of drug-likeness (QED) is 0.289. The van der Waals surface area contributed by atoms with E-state index in [2.05, 4.69) is 10.6 Å². The van der Waals surface area contributed by atoms with Gasteiger partial charge in [-0.05, 0) is 60.9 Å². The summed E-state index contributed by atoms with van der Waals surface area (Å²) in [5.74, 6) is -0.687. The van der Waals surface area contributed by atoms with Crippen molar-refractivity contribution in [1.82, 2.24) is 5.32 Å². The largest absolute Gasteiger partial charge is 0.352 e. The normalized spacial score (nSPS) is 11.0. The number of aryl methyl sites for hydroxylation is 1. The molecular weight excluding hydrogens is 510 g/mol. The van der Waals surface area contributed by atoms with E-state index in [0.717, 1.165) is 22.9 Å². The van der Waals surface area contributed by atoms with E-state index in [1.165, 1.54) is 4.31 Å². The molecule has 4 rings (SSSR count). The Hall–Kier alpha value is -4.43. The molecule has 4 aromatic rings. The Balaban J connectivity index is 1.44. The number of hydrogen-bond donors (Lipinski definition) is 2. The Kier molecular flexibility index (Phi) is 8.78. The number of carbonyl (C=O) groups excluding carboxylic acids is 2. The molecule has 0 bridgehead atoms. The van der Waals surface area contributed by atoms with E-state index in [1.807, 2.05) is 61.5 Å². The molecule has 0 atom stereocenters. The van der Waals surface area contributed by atoms with Gasteiger partial charge in [0.1, 0.15) is 0 Å². The third-order valence-corrected chi connectivity index (χ3v) is 7.37. The van der Waals surface area contributed by atoms with Crippen LogP contribution in [-0.4, -0.2) is 33.0 Å². The first-order chi connectivity index (χ1) is 18.7. The lowest BCUT2D eigenvalue weighted by molar-refractivity contribution is 0.0955. The van der Waals surface area contributed by atoms with Gasteiger partial charge in [0.05, 0.1) is 29.7 Å². The van der Waals surface area contributed by atoms with Crippen molar-refractivity contribution in [1.29, 1.82) is 0 Å². The van der Waals surface area contributed by atoms with Crippen LogP contribution in [0.2, 0.25) is 0 Å². The summed E-state index contributed by atoms with van der Waals surface area (Å²) in [5, 5.41) is 5.71. The zero-order chi connectivity index (χ0) is 27.8. The number of benzene rings is 4. The number of rotatable bonds is 10. The van der Waals surface area contributed by atoms with Crippen LogP contribution in [0.3, 0.4) is 0 Å². The highest BCUT2D eigenvalue weighted by molar-refractivity contribution is 7.92. The Bertz CT molecular complexity index is 1540. The summed E-state index contributed by atoms with van der Waals surface area (Å²) < 4.78 is 26.4. The molecule has 0 heterocycles. The third kappa shape index (κ3) is 7.55. The van der Waals surface area contributed by atoms with Crippen LogP contribution in [0.4, 0.5) is 11.4 Å². The van der Waals surface area contributed by atoms with Gasteiger partial charge in [0.2, 0.25) is 10.0 Å². The number of carbonyl (C=O) groups is 2. The molecule has 2 N–H and O–H groups in total. The maximum atomic E-state index is 13.0. The second kappa shape index (κ2) is 12.4. The van der Waals surface area contributed by atoms with Crippen LogP contribution in [0.5, 0.6) is 0 Å². The average Bonchev–Trinajstić information content (AvgIpc) is 2.93. The number of sulfonamides is 1. The molecule has 2 amide bonds. The fourth-order valence-electron chi connectivity index (χ4n) is 4.08. The molecule has 8 heteroatoms. The standard InChI is InChI=1S/C31H31N3O4S/c1-23-12-14-25(15-13-23)22-34(39(2,37)38)27-18-16-26(17-19-27)30(35)33-29-11-7-6-10-28(29)31(36)32-21-20-24-8-4-3-5-9-24/h3-19H,20-22H2,1-2H3,(H,32,36)(H,33,35). The van der Waals surface area contributed by atoms with Gasteiger partial charge in [0.15, 0.2) is 0 Å². The Labute approximate surface area is 229 Å². The first kappa shape index (κ1) is 27.6. The van der Waals surface area contributed by atoms with Crippen molar-refractivity contribution in [3.8, 4) is 0 Å². The molecule has 0 aliphatic carbocycles. The van der Waals surface area contributed by atoms with Gasteiger partial charge >= 0.3 is 0 Å². The molecule has 39 heavy (non-hydrogen) atoms. The average molecular weight is 542 g/mol. The SMILES string of the molecule is Cc1ccc(CN(c2ccc(C(=O)Nc3ccccc3C(=O)NCCc3ccccc3)cc2)S(C)(=O)=O)cc1. The van der Waals surface area contributed by atoms with Gasteiger partial charge in [-0.3, -0.25) is 13.9 Å². The fraction of sp³-hybridized carbons (Fsp3) is 0.161. The number of para-hydroxylation sites is 1. The van der Waals surface area contributed by atoms with Gasteiger partial charge < -0.3 is 10.6 Å². The molecule has 4 aromatic carbocycles. The molecule has 0 saturated heterocycles. The van der Waals surface area contributed by atoms with Crippen molar-refractivity contribution in [3.05, 3.63) is 131 Å². The van der Waals surface area contributed by atoms with Gasteiger partial charge in [-0.15, -0.1) is 0 Å². The Morgan fingerprint density at radius 1 is 0.744 bits per heavy atom. The molecule has 0 saturated carbocycles. The molecule has 0 unspecified atom stereocenters. The number of anilines is 2. The minimum atomic E-state index is -3.56. The predicted molar refractivity (Wildman–Crippen MR) is 156 cm³/mol. The first-order valence-corrected chi connectivity index (χ1v) is 14.4. The summed E-state index contributed by atoms with van der Waals surface area (Å²) >= 11 is 0. The van der Waals surface area contributed by atoms with E-state index in [0.29, 0.717) is 35.5 Å². The van der Waals surface area contributed by atoms with Crippen LogP contribution >= 0.6 is 0 Å². The molecule has 0 aliphatic heterocycles. The van der Waals surface area contributed by atoms with E-state index < -0.39 is 15.9 Å². The van der Waals surface area contributed by atoms with E-state index in [9.17, 15) is 18.0 Å². The van der Waals surface area contributed by atoms with Crippen molar-refractivity contribution in [2.24, 2.45) is 0 Å². The number of nitrogens with one attached hydrogen (secondary N) is 2. The second-order valence-electron chi connectivity index (χ2n) is 9.29. The summed E-state index contributed by atoms with van der Waals surface area (Å²) in [6, 6.07) is 30.7. The van der Waals surface area contributed by atoms with Crippen LogP contribution in [-0.2, 0) is 23.0 Å². The van der Waals surface area contributed by atoms with E-state index >= 15 is 0 Å². The lowest BCUT2D eigenvalue weighted by atomic mass is 10.1. The van der Waals surface area contributed by atoms with Crippen LogP contribution in [0.25, 0.3) is 0 Å². The Morgan fingerprint density at radius 2 is 1.38 bits per heavy atom. The molecule has 0 radical (unpaired) electrons. The highest BCUT2D eigenvalue weighted by Crippen LogP contribution is 2.23. The lowest BCUT2D eigenvalue weighted by Gasteiger charge is -2.23. The molecule has 0 spiro atoms. The molecule has 0 fully saturated rings. The monoisotopic (exact) mass is 541 g/mol. The second-order valence-corrected chi connectivity index (χ2v) is 11.2. The third-order valence-electron chi connectivity index (χ3n) is 6.23. The minimum absolute atomic E-state index is 0.178. The predicted octanol–water partition coefficient (Wildman–Crippen LogP) is 5.19. The lowest BCUT2D eigenvalue weighted by Crippen LogP contribution is -2.29. The summed E-state index contributed by atoms with van der Waals surface area (Å²) in [4.78, 5) is 25.8. The molecule has 200 valence electrons. The number of hydrogen-bond acceptors (Lipinski definition) is 4. The van der Waals surface area contributed by atoms with Crippen LogP contribution in [0.15, 0.2) is 103 Å². The molecule has 0 aliphatic rings. The van der Waals surface area contributed by atoms with Gasteiger partial charge in [-0.2, -0.15) is 0 Å². The smallest absolute Gasteiger partial charge is 0.255 e. The van der Waals surface area contributed by atoms with E-state index in [1.54, 1.807) is 48.5 Å². The Morgan fingerprint density at radius 3 is 2.05 bits per heavy atom. The van der Waals surface area contributed by atoms with E-state index in [-0.39, 0.29) is 12.5 Å². The van der Waals surface area contributed by atoms with Crippen LogP contribution in [0.1, 0.15) is 37.4 Å². The molecular formula is C31H31N3O4S. The highest BCUT2D eigenvalue weighted by atomic mass is 32.2. The zero-order valence-corrected chi connectivity index (χ0v) is 22.7. The topological polar surface area (TPSA) is 95.6 Å². The maximum Gasteiger partial charge on any atom is 0.255 e. The zero-order valence-electron chi connectivity index (χ0n) is 21.9. The van der Waals surface area contributed by atoms with Crippen LogP contribution < -0.4 is 14.9 Å². The number of nitrogens with zero attached hydrogens (tertiary/aromatic N) is 1. The first-order valence-electron chi connectivity index (χ1n) is 12.6. The fourth-order valence-corrected chi connectivity index (χ4v) is 4.97. The van der Waals surface area contributed by atoms with Crippen molar-refractivity contribution < 1.29 is 18.0 Å². The summed E-state index contributed by atoms with van der Waals surface area (Å²) in [6.07, 6.45) is 1.85. The summed E-state index contributed by atoms with van der Waals surface area (Å²) in [5.41, 5.74) is 4.60. The minimum Gasteiger partial charge on any atom is -0.352 e. The van der Waals surface area contributed by atoms with Gasteiger partial charge in [-0.1, -0.05) is 72.3 Å². The maximum absolute atomic E-state index is 13.0. The van der Waals surface area contributed by atoms with Gasteiger partial charge in [0, 0.05) is 12.1 Å². The summed E-state index contributed by atoms with van der Waals surface area (Å²) in [7, 11) is -3.56. The van der Waals surface area contributed by atoms with E-state index in [4.69, 9.17) is 0 Å². The van der Waals surface area contributed by atoms with Gasteiger partial charge in [-0.25, -0.2) is 8.42 Å². The highest BCUT2D eigenvalue weighted by Gasteiger charge is 2.19. The van der Waals surface area contributed by atoms with Crippen molar-refractivity contribution in [2.45, 2.75) is 19.9 Å². The van der Waals surface area contributed by atoms with Crippen LogP contribution in [0, 0.1) is 6.92 Å². The van der Waals surface area contributed by atoms with Crippen molar-refractivity contribution >= 4 is 33.2 Å². The number of amides is 2. The molecule has 7 nitrogen and oxygen atoms in total. The molecule has 0 aromatic heterocycles. The van der Waals surface area contributed by atoms with Crippen molar-refractivity contribution in [3.63, 3.8) is 0 Å². The van der Waals surface area contributed by atoms with Crippen molar-refractivity contribution in [2.75, 3.05) is 22.4 Å². The van der Waals surface area contributed by atoms with Gasteiger partial charge in [0.25, 0.3) is 11.8 Å². The summed E-state index contributed by atoms with van der Waals surface area (Å²) in [6.45, 7) is 2.61.